The van der Waals surface area contributed by atoms with Crippen molar-refractivity contribution in [2.45, 2.75) is 13.3 Å². The molecule has 0 saturated heterocycles. The van der Waals surface area contributed by atoms with E-state index in [0.29, 0.717) is 0 Å². The molecule has 0 aliphatic rings. The fourth-order valence-electron chi connectivity index (χ4n) is 1.51. The van der Waals surface area contributed by atoms with Gasteiger partial charge in [0.05, 0.1) is 11.0 Å². The first kappa shape index (κ1) is 10.3. The third-order valence-corrected chi connectivity index (χ3v) is 2.20. The van der Waals surface area contributed by atoms with E-state index in [1.165, 1.54) is 5.52 Å². The van der Waals surface area contributed by atoms with Gasteiger partial charge < -0.3 is 4.57 Å². The summed E-state index contributed by atoms with van der Waals surface area (Å²) >= 11 is 0. The van der Waals surface area contributed by atoms with Crippen LogP contribution in [0.25, 0.3) is 11.0 Å². The molecule has 2 rings (SSSR count). The zero-order valence-electron chi connectivity index (χ0n) is 7.82. The maximum Gasteiger partial charge on any atom is 0.109 e. The van der Waals surface area contributed by atoms with Gasteiger partial charge in [-0.15, -0.1) is 17.0 Å². The number of aromatic nitrogens is 2. The average Bonchev–Trinajstić information content (AvgIpc) is 2.44. The Balaban J connectivity index is 0.000000845. The van der Waals surface area contributed by atoms with E-state index in [9.17, 15) is 0 Å². The van der Waals surface area contributed by atoms with E-state index in [1.807, 2.05) is 12.1 Å². The van der Waals surface area contributed by atoms with Gasteiger partial charge in [0, 0.05) is 13.5 Å². The van der Waals surface area contributed by atoms with Crippen LogP contribution in [0, 0.1) is 0 Å². The van der Waals surface area contributed by atoms with Gasteiger partial charge in [-0.1, -0.05) is 19.1 Å². The predicted molar refractivity (Wildman–Crippen MR) is 60.4 cm³/mol. The van der Waals surface area contributed by atoms with Crippen LogP contribution in [0.2, 0.25) is 0 Å². The maximum atomic E-state index is 4.49. The summed E-state index contributed by atoms with van der Waals surface area (Å²) in [6.07, 6.45) is 0.991. The first-order valence-corrected chi connectivity index (χ1v) is 4.23. The highest BCUT2D eigenvalue weighted by Crippen LogP contribution is 2.13. The van der Waals surface area contributed by atoms with Gasteiger partial charge in [0.25, 0.3) is 0 Å². The lowest BCUT2D eigenvalue weighted by Crippen LogP contribution is -1.94. The lowest BCUT2D eigenvalue weighted by molar-refractivity contribution is 0.829. The van der Waals surface area contributed by atoms with Gasteiger partial charge >= 0.3 is 0 Å². The van der Waals surface area contributed by atoms with Crippen molar-refractivity contribution < 1.29 is 0 Å². The van der Waals surface area contributed by atoms with Gasteiger partial charge in [-0.3, -0.25) is 0 Å². The number of hydrogen-bond donors (Lipinski definition) is 0. The van der Waals surface area contributed by atoms with Gasteiger partial charge in [-0.25, -0.2) is 4.98 Å². The van der Waals surface area contributed by atoms with Gasteiger partial charge in [0.1, 0.15) is 5.82 Å². The van der Waals surface area contributed by atoms with E-state index in [0.717, 1.165) is 17.8 Å². The lowest BCUT2D eigenvalue weighted by Gasteiger charge is -1.96. The Labute approximate surface area is 88.4 Å². The summed E-state index contributed by atoms with van der Waals surface area (Å²) < 4.78 is 2.15. The highest BCUT2D eigenvalue weighted by molar-refractivity contribution is 8.93. The molecule has 2 aromatic rings. The van der Waals surface area contributed by atoms with Crippen molar-refractivity contribution in [1.82, 2.24) is 9.55 Å². The first-order chi connectivity index (χ1) is 5.83. The Bertz CT molecular complexity index is 406. The molecule has 0 amide bonds. The van der Waals surface area contributed by atoms with E-state index < -0.39 is 0 Å². The largest absolute Gasteiger partial charge is 0.331 e. The lowest BCUT2D eigenvalue weighted by atomic mass is 10.3. The molecule has 0 fully saturated rings. The summed E-state index contributed by atoms with van der Waals surface area (Å²) in [5.74, 6) is 1.15. The van der Waals surface area contributed by atoms with Crippen LogP contribution in [0.15, 0.2) is 24.3 Å². The normalized spacial score (nSPS) is 10.0. The van der Waals surface area contributed by atoms with Crippen molar-refractivity contribution in [2.75, 3.05) is 0 Å². The Hall–Kier alpha value is -0.830. The Morgan fingerprint density at radius 2 is 2.00 bits per heavy atom. The number of benzene rings is 1. The van der Waals surface area contributed by atoms with E-state index in [-0.39, 0.29) is 17.0 Å². The molecule has 0 bridgehead atoms. The average molecular weight is 241 g/mol. The third-order valence-electron chi connectivity index (χ3n) is 2.20. The second kappa shape index (κ2) is 3.92. The van der Waals surface area contributed by atoms with Crippen LogP contribution in [0.5, 0.6) is 0 Å². The number of halogens is 1. The predicted octanol–water partition coefficient (Wildman–Crippen LogP) is 2.71. The molecule has 1 aromatic carbocycles. The molecular formula is C10H13BrN2. The molecule has 0 N–H and O–H groups in total. The summed E-state index contributed by atoms with van der Waals surface area (Å²) in [7, 11) is 2.06. The van der Waals surface area contributed by atoms with E-state index in [4.69, 9.17) is 0 Å². The summed E-state index contributed by atoms with van der Waals surface area (Å²) in [5, 5.41) is 0. The number of fused-ring (bicyclic) bond motifs is 1. The quantitative estimate of drug-likeness (QED) is 0.750. The van der Waals surface area contributed by atoms with Crippen molar-refractivity contribution in [3.05, 3.63) is 30.1 Å². The SMILES string of the molecule is Br.CCc1nc2ccccc2n1C. The number of hydrogen-bond acceptors (Lipinski definition) is 1. The first-order valence-electron chi connectivity index (χ1n) is 4.23. The second-order valence-corrected chi connectivity index (χ2v) is 2.93. The van der Waals surface area contributed by atoms with E-state index >= 15 is 0 Å². The summed E-state index contributed by atoms with van der Waals surface area (Å²) in [4.78, 5) is 4.49. The van der Waals surface area contributed by atoms with Crippen LogP contribution < -0.4 is 0 Å². The Morgan fingerprint density at radius 3 is 2.62 bits per heavy atom. The molecule has 0 atom stereocenters. The molecule has 0 aliphatic heterocycles. The highest BCUT2D eigenvalue weighted by atomic mass is 79.9. The fraction of sp³-hybridized carbons (Fsp3) is 0.300. The smallest absolute Gasteiger partial charge is 0.109 e. The highest BCUT2D eigenvalue weighted by Gasteiger charge is 2.03. The van der Waals surface area contributed by atoms with Gasteiger partial charge in [-0.05, 0) is 12.1 Å². The standard InChI is InChI=1S/C10H12N2.BrH/c1-3-10-11-8-6-4-5-7-9(8)12(10)2;/h4-7H,3H2,1-2H3;1H. The third kappa shape index (κ3) is 1.61. The molecular weight excluding hydrogens is 228 g/mol. The molecule has 0 aliphatic carbocycles. The van der Waals surface area contributed by atoms with Gasteiger partial charge in [0.2, 0.25) is 0 Å². The van der Waals surface area contributed by atoms with Crippen molar-refractivity contribution in [3.8, 4) is 0 Å². The summed E-state index contributed by atoms with van der Waals surface area (Å²) in [5.41, 5.74) is 2.31. The summed E-state index contributed by atoms with van der Waals surface area (Å²) in [6.45, 7) is 2.13. The van der Waals surface area contributed by atoms with Crippen LogP contribution in [-0.2, 0) is 13.5 Å². The number of imidazole rings is 1. The Kier molecular flexibility index (Phi) is 3.09. The van der Waals surface area contributed by atoms with Crippen LogP contribution in [0.3, 0.4) is 0 Å². The summed E-state index contributed by atoms with van der Waals surface area (Å²) in [6, 6.07) is 8.22. The molecule has 0 spiro atoms. The fourth-order valence-corrected chi connectivity index (χ4v) is 1.51. The molecule has 3 heteroatoms. The Morgan fingerprint density at radius 1 is 1.31 bits per heavy atom. The van der Waals surface area contributed by atoms with Crippen LogP contribution in [-0.4, -0.2) is 9.55 Å². The number of rotatable bonds is 1. The molecule has 1 heterocycles. The van der Waals surface area contributed by atoms with Crippen molar-refractivity contribution in [1.29, 1.82) is 0 Å². The van der Waals surface area contributed by atoms with Crippen molar-refractivity contribution in [3.63, 3.8) is 0 Å². The molecule has 13 heavy (non-hydrogen) atoms. The monoisotopic (exact) mass is 240 g/mol. The number of nitrogens with zero attached hydrogens (tertiary/aromatic N) is 2. The zero-order chi connectivity index (χ0) is 8.55. The molecule has 0 radical (unpaired) electrons. The molecule has 0 saturated carbocycles. The van der Waals surface area contributed by atoms with Crippen molar-refractivity contribution >= 4 is 28.0 Å². The second-order valence-electron chi connectivity index (χ2n) is 2.93. The van der Waals surface area contributed by atoms with Crippen LogP contribution in [0.4, 0.5) is 0 Å². The minimum atomic E-state index is 0. The zero-order valence-corrected chi connectivity index (χ0v) is 9.53. The van der Waals surface area contributed by atoms with Crippen molar-refractivity contribution in [2.24, 2.45) is 7.05 Å². The van der Waals surface area contributed by atoms with Gasteiger partial charge in [-0.2, -0.15) is 0 Å². The molecule has 70 valence electrons. The van der Waals surface area contributed by atoms with Crippen LogP contribution >= 0.6 is 17.0 Å². The molecule has 1 aromatic heterocycles. The minimum absolute atomic E-state index is 0. The van der Waals surface area contributed by atoms with E-state index in [2.05, 4.69) is 35.7 Å². The van der Waals surface area contributed by atoms with Crippen LogP contribution in [0.1, 0.15) is 12.7 Å². The number of aryl methyl sites for hydroxylation is 2. The molecule has 0 unspecified atom stereocenters. The topological polar surface area (TPSA) is 17.8 Å². The molecule has 2 nitrogen and oxygen atoms in total. The number of para-hydroxylation sites is 2. The van der Waals surface area contributed by atoms with Gasteiger partial charge in [0.15, 0.2) is 0 Å². The minimum Gasteiger partial charge on any atom is -0.331 e. The maximum absolute atomic E-state index is 4.49. The van der Waals surface area contributed by atoms with E-state index in [1.54, 1.807) is 0 Å².